The maximum Gasteiger partial charge on any atom is 0.339 e. The van der Waals surface area contributed by atoms with Crippen LogP contribution in [0.1, 0.15) is 142 Å². The van der Waals surface area contributed by atoms with Crippen LogP contribution in [0, 0.1) is 52.3 Å². The molecule has 7 heteroatoms. The highest BCUT2D eigenvalue weighted by Gasteiger charge is 2.92. The molecular weight excluding hydrogens is 803 g/mol. The van der Waals surface area contributed by atoms with Gasteiger partial charge in [-0.2, -0.15) is 0 Å². The zero-order valence-electron chi connectivity index (χ0n) is 38.8. The van der Waals surface area contributed by atoms with Gasteiger partial charge in [-0.1, -0.05) is 97.9 Å². The van der Waals surface area contributed by atoms with E-state index in [4.69, 9.17) is 15.2 Å². The van der Waals surface area contributed by atoms with E-state index < -0.39 is 16.4 Å². The SMILES string of the molecule is C[C@@H]1CC2=C3[C@@H]4C5=C6C=C(Cc7cccc(c7)CCCC[C@H]7[C@]68C(=O)O/C(=C\C[C@H](C6CCCCC6)N6C[C@H]9C[C@@H](C6)[C@@H](CC2)N3C9)[C@@]8(CC5)[C@]72OC(=O)c3c(CCCN)cccc32)[C@@H]41. The molecule has 15 aliphatic rings. The summed E-state index contributed by atoms with van der Waals surface area (Å²) in [5.74, 6) is 3.49. The molecule has 15 bridgehead atoms. The average Bonchev–Trinajstić information content (AvgIpc) is 3.76. The maximum atomic E-state index is 16.2. The van der Waals surface area contributed by atoms with Crippen LogP contribution in [0.5, 0.6) is 0 Å². The lowest BCUT2D eigenvalue weighted by atomic mass is 9.29. The third kappa shape index (κ3) is 5.16. The molecule has 0 aromatic heterocycles. The van der Waals surface area contributed by atoms with E-state index in [0.717, 1.165) is 86.7 Å². The topological polar surface area (TPSA) is 85.1 Å². The van der Waals surface area contributed by atoms with Gasteiger partial charge in [0.05, 0.1) is 11.0 Å². The van der Waals surface area contributed by atoms with Crippen molar-refractivity contribution in [2.24, 2.45) is 58.0 Å². The van der Waals surface area contributed by atoms with Gasteiger partial charge in [-0.15, -0.1) is 0 Å². The van der Waals surface area contributed by atoms with Crippen LogP contribution in [0.2, 0.25) is 0 Å². The number of carbonyl (C=O) groups is 2. The summed E-state index contributed by atoms with van der Waals surface area (Å²) in [6.07, 6.45) is 25.4. The Morgan fingerprint density at radius 2 is 1.74 bits per heavy atom. The van der Waals surface area contributed by atoms with E-state index in [9.17, 15) is 4.79 Å². The van der Waals surface area contributed by atoms with Crippen LogP contribution in [0.3, 0.4) is 0 Å². The predicted octanol–water partition coefficient (Wildman–Crippen LogP) is 10.3. The van der Waals surface area contributed by atoms with Gasteiger partial charge >= 0.3 is 11.9 Å². The number of hydrogen-bond donors (Lipinski definition) is 1. The van der Waals surface area contributed by atoms with E-state index in [0.29, 0.717) is 48.2 Å². The highest BCUT2D eigenvalue weighted by atomic mass is 16.6. The summed E-state index contributed by atoms with van der Waals surface area (Å²) < 4.78 is 14.5. The Kier molecular flexibility index (Phi) is 8.98. The summed E-state index contributed by atoms with van der Waals surface area (Å²) in [6.45, 7) is 6.66. The number of ether oxygens (including phenoxy) is 2. The standard InChI is InChI=1S/C58H69N3O4/c1-34-26-40-19-20-47-42-29-37-31-60(33-42)46(38-13-3-2-4-14-38)21-22-49-56-24-23-43-45-30-41(50(34)52(43)53(40)61(47)32-37)28-36-12-7-11-35(27-36)10-5-6-18-48(57(45,56)55(63)64-49)58(56)44-17-8-15-39(16-9-25-59)51(44)54(62)65-58/h7-8,11-12,15,17,22,27,30,34,37-38,42,46-48,50,52H,2-6,9-10,13-14,16,18-21,23-26,28-29,31-33,59H2,1H3/b49-22-/t34-,37-,42+,46-,47-,48+,50+,52-,56-,57+,58-/m1/s1. The highest BCUT2D eigenvalue weighted by molar-refractivity contribution is 6.00. The first-order valence-electron chi connectivity index (χ1n) is 26.6. The number of nitrogens with two attached hydrogens (primary N) is 1. The molecule has 3 saturated heterocycles. The molecule has 1 unspecified atom stereocenters. The number of piperidine rings is 2. The summed E-state index contributed by atoms with van der Waals surface area (Å²) in [7, 11) is 0. The van der Waals surface area contributed by atoms with E-state index >= 15 is 4.79 Å². The van der Waals surface area contributed by atoms with Gasteiger partial charge in [0, 0.05) is 54.8 Å². The van der Waals surface area contributed by atoms with Gasteiger partial charge < -0.3 is 20.1 Å². The van der Waals surface area contributed by atoms with E-state index in [1.54, 1.807) is 11.3 Å². The van der Waals surface area contributed by atoms with Crippen molar-refractivity contribution in [2.45, 2.75) is 147 Å². The quantitative estimate of drug-likeness (QED) is 0.306. The smallest absolute Gasteiger partial charge is 0.339 e. The Labute approximate surface area is 386 Å². The van der Waals surface area contributed by atoms with Crippen LogP contribution in [0.15, 0.2) is 88.4 Å². The van der Waals surface area contributed by atoms with Gasteiger partial charge in [0.2, 0.25) is 0 Å². The van der Waals surface area contributed by atoms with Gasteiger partial charge in [-0.05, 0) is 161 Å². The minimum atomic E-state index is -0.993. The lowest BCUT2D eigenvalue weighted by molar-refractivity contribution is -0.275. The molecular formula is C58H69N3O4. The second-order valence-corrected chi connectivity index (χ2v) is 23.4. The Hall–Kier alpha value is -3.94. The fourth-order valence-electron chi connectivity index (χ4n) is 18.6. The molecule has 2 saturated carbocycles. The molecule has 5 fully saturated rings. The van der Waals surface area contributed by atoms with Crippen molar-refractivity contribution in [2.75, 3.05) is 26.2 Å². The molecule has 340 valence electrons. The molecule has 2 N–H and O–H groups in total. The second-order valence-electron chi connectivity index (χ2n) is 23.4. The first kappa shape index (κ1) is 40.2. The Bertz CT molecular complexity index is 2530. The molecule has 0 amide bonds. The zero-order chi connectivity index (χ0) is 43.4. The van der Waals surface area contributed by atoms with Crippen molar-refractivity contribution in [1.29, 1.82) is 0 Å². The van der Waals surface area contributed by atoms with Gasteiger partial charge in [0.15, 0.2) is 5.60 Å². The number of carbonyl (C=O) groups excluding carboxylic acids is 2. The molecule has 17 rings (SSSR count). The molecule has 65 heavy (non-hydrogen) atoms. The summed E-state index contributed by atoms with van der Waals surface area (Å²) in [6, 6.07) is 17.0. The number of aryl methyl sites for hydroxylation is 2. The van der Waals surface area contributed by atoms with E-state index in [2.05, 4.69) is 71.3 Å². The van der Waals surface area contributed by atoms with Crippen molar-refractivity contribution < 1.29 is 19.1 Å². The molecule has 2 aromatic rings. The molecule has 9 aliphatic heterocycles. The van der Waals surface area contributed by atoms with Gasteiger partial charge in [-0.25, -0.2) is 4.79 Å². The first-order valence-corrected chi connectivity index (χ1v) is 26.6. The summed E-state index contributed by atoms with van der Waals surface area (Å²) >= 11 is 0. The van der Waals surface area contributed by atoms with Gasteiger partial charge in [-0.3, -0.25) is 9.69 Å². The van der Waals surface area contributed by atoms with E-state index in [1.165, 1.54) is 105 Å². The lowest BCUT2D eigenvalue weighted by Gasteiger charge is -2.71. The van der Waals surface area contributed by atoms with Crippen LogP contribution < -0.4 is 5.73 Å². The zero-order valence-corrected chi connectivity index (χ0v) is 38.8. The summed E-state index contributed by atoms with van der Waals surface area (Å²) in [5, 5.41) is 0. The minimum Gasteiger partial charge on any atom is -0.449 e. The van der Waals surface area contributed by atoms with Crippen molar-refractivity contribution in [3.63, 3.8) is 0 Å². The number of esters is 2. The first-order chi connectivity index (χ1) is 31.9. The molecule has 3 spiro atoms. The Morgan fingerprint density at radius 1 is 0.877 bits per heavy atom. The Balaban J connectivity index is 1.06. The normalized spacial score (nSPS) is 41.8. The second kappa shape index (κ2) is 14.5. The number of nitrogens with zero attached hydrogens (tertiary/aromatic N) is 2. The Morgan fingerprint density at radius 3 is 2.63 bits per heavy atom. The van der Waals surface area contributed by atoms with Crippen LogP contribution in [0.25, 0.3) is 0 Å². The minimum absolute atomic E-state index is 0.0669. The lowest BCUT2D eigenvalue weighted by Crippen LogP contribution is -2.77. The highest BCUT2D eigenvalue weighted by Crippen LogP contribution is 2.87. The third-order valence-electron chi connectivity index (χ3n) is 20.7. The molecule has 2 aromatic carbocycles. The largest absolute Gasteiger partial charge is 0.449 e. The van der Waals surface area contributed by atoms with Gasteiger partial charge in [0.1, 0.15) is 11.2 Å². The van der Waals surface area contributed by atoms with Crippen LogP contribution in [-0.4, -0.2) is 60.0 Å². The van der Waals surface area contributed by atoms with Crippen molar-refractivity contribution >= 4 is 11.9 Å². The van der Waals surface area contributed by atoms with Crippen LogP contribution >= 0.6 is 0 Å². The predicted molar refractivity (Wildman–Crippen MR) is 251 cm³/mol. The van der Waals surface area contributed by atoms with E-state index in [-0.39, 0.29) is 23.8 Å². The summed E-state index contributed by atoms with van der Waals surface area (Å²) in [4.78, 5) is 37.2. The van der Waals surface area contributed by atoms with Crippen molar-refractivity contribution in [3.8, 4) is 0 Å². The fraction of sp³-hybridized carbons (Fsp3) is 0.621. The third-order valence-corrected chi connectivity index (χ3v) is 20.7. The molecule has 12 atom stereocenters. The molecule has 6 aliphatic carbocycles. The van der Waals surface area contributed by atoms with Crippen molar-refractivity contribution in [3.05, 3.63) is 116 Å². The molecule has 9 heterocycles. The monoisotopic (exact) mass is 872 g/mol. The number of hydrogen-bond acceptors (Lipinski definition) is 7. The van der Waals surface area contributed by atoms with Crippen molar-refractivity contribution in [1.82, 2.24) is 9.80 Å². The maximum absolute atomic E-state index is 16.2. The van der Waals surface area contributed by atoms with Crippen LogP contribution in [-0.2, 0) is 39.1 Å². The summed E-state index contributed by atoms with van der Waals surface area (Å²) in [5.41, 5.74) is 16.7. The average molecular weight is 872 g/mol. The van der Waals surface area contributed by atoms with Gasteiger partial charge in [0.25, 0.3) is 0 Å². The number of fused-ring (bicyclic) bond motifs is 6. The molecule has 7 nitrogen and oxygen atoms in total. The fourth-order valence-corrected chi connectivity index (χ4v) is 18.6. The number of allylic oxidation sites excluding steroid dienone is 4. The van der Waals surface area contributed by atoms with E-state index in [1.807, 2.05) is 0 Å². The number of rotatable bonds is 4. The number of benzene rings is 2. The van der Waals surface area contributed by atoms with Crippen LogP contribution in [0.4, 0.5) is 0 Å². The molecule has 0 radical (unpaired) electrons.